The molecule has 0 spiro atoms. The van der Waals surface area contributed by atoms with Gasteiger partial charge >= 0.3 is 0 Å². The molecule has 17 heavy (non-hydrogen) atoms. The Labute approximate surface area is 102 Å². The van der Waals surface area contributed by atoms with Crippen LogP contribution in [0.1, 0.15) is 31.9 Å². The van der Waals surface area contributed by atoms with Crippen molar-refractivity contribution in [1.82, 2.24) is 4.90 Å². The Hall–Kier alpha value is -1.42. The van der Waals surface area contributed by atoms with Gasteiger partial charge in [0.2, 0.25) is 0 Å². The number of nitrogens with two attached hydrogens (primary N) is 1. The van der Waals surface area contributed by atoms with Gasteiger partial charge in [0.15, 0.2) is 0 Å². The molecule has 0 saturated carbocycles. The number of rotatable bonds is 5. The van der Waals surface area contributed by atoms with Crippen LogP contribution in [0.2, 0.25) is 0 Å². The van der Waals surface area contributed by atoms with E-state index in [1.54, 1.807) is 6.07 Å². The standard InChI is InChI=1S/C13H20FN3/c1-4-17(9(2)3)8-10-5-11(13(15)16)7-12(14)6-10/h5-7,9H,4,8H2,1-3H3,(H3,15,16). The van der Waals surface area contributed by atoms with Crippen molar-refractivity contribution in [3.8, 4) is 0 Å². The number of hydrogen-bond donors (Lipinski definition) is 2. The summed E-state index contributed by atoms with van der Waals surface area (Å²) in [6.07, 6.45) is 0. The van der Waals surface area contributed by atoms with Gasteiger partial charge in [-0.3, -0.25) is 10.3 Å². The molecule has 0 bridgehead atoms. The van der Waals surface area contributed by atoms with E-state index < -0.39 is 0 Å². The molecule has 3 N–H and O–H groups in total. The molecule has 1 aromatic rings. The molecule has 0 aliphatic rings. The first-order chi connectivity index (χ1) is 7.93. The Morgan fingerprint density at radius 2 is 2.06 bits per heavy atom. The second kappa shape index (κ2) is 5.77. The molecule has 0 aliphatic heterocycles. The van der Waals surface area contributed by atoms with Crippen molar-refractivity contribution < 1.29 is 4.39 Å². The third-order valence-electron chi connectivity index (χ3n) is 2.79. The van der Waals surface area contributed by atoms with Crippen molar-refractivity contribution in [2.75, 3.05) is 6.54 Å². The minimum atomic E-state index is -0.340. The molecular weight excluding hydrogens is 217 g/mol. The highest BCUT2D eigenvalue weighted by Crippen LogP contribution is 2.13. The zero-order valence-electron chi connectivity index (χ0n) is 10.6. The predicted molar refractivity (Wildman–Crippen MR) is 68.6 cm³/mol. The molecule has 0 aromatic heterocycles. The molecule has 4 heteroatoms. The average molecular weight is 237 g/mol. The zero-order valence-corrected chi connectivity index (χ0v) is 10.6. The molecule has 0 amide bonds. The third-order valence-corrected chi connectivity index (χ3v) is 2.79. The second-order valence-corrected chi connectivity index (χ2v) is 4.42. The first-order valence-electron chi connectivity index (χ1n) is 5.82. The zero-order chi connectivity index (χ0) is 13.0. The molecule has 1 aromatic carbocycles. The maximum atomic E-state index is 13.4. The Kier molecular flexibility index (Phi) is 4.63. The van der Waals surface area contributed by atoms with E-state index in [-0.39, 0.29) is 11.7 Å². The highest BCUT2D eigenvalue weighted by molar-refractivity contribution is 5.95. The van der Waals surface area contributed by atoms with Crippen LogP contribution in [0.4, 0.5) is 4.39 Å². The average Bonchev–Trinajstić information content (AvgIpc) is 2.24. The SMILES string of the molecule is CCN(Cc1cc(F)cc(C(=N)N)c1)C(C)C. The fourth-order valence-corrected chi connectivity index (χ4v) is 1.79. The summed E-state index contributed by atoms with van der Waals surface area (Å²) in [5.41, 5.74) is 6.67. The van der Waals surface area contributed by atoms with Crippen LogP contribution < -0.4 is 5.73 Å². The van der Waals surface area contributed by atoms with Crippen molar-refractivity contribution in [2.45, 2.75) is 33.4 Å². The van der Waals surface area contributed by atoms with Gasteiger partial charge in [-0.05, 0) is 44.2 Å². The molecular formula is C13H20FN3. The van der Waals surface area contributed by atoms with Crippen LogP contribution in [0, 0.1) is 11.2 Å². The van der Waals surface area contributed by atoms with Crippen molar-refractivity contribution in [2.24, 2.45) is 5.73 Å². The number of hydrogen-bond acceptors (Lipinski definition) is 2. The summed E-state index contributed by atoms with van der Waals surface area (Å²) >= 11 is 0. The number of halogens is 1. The molecule has 0 atom stereocenters. The largest absolute Gasteiger partial charge is 0.384 e. The first-order valence-corrected chi connectivity index (χ1v) is 5.82. The number of nitrogens with zero attached hydrogens (tertiary/aromatic N) is 1. The van der Waals surface area contributed by atoms with Crippen LogP contribution in [0.3, 0.4) is 0 Å². The van der Waals surface area contributed by atoms with Crippen LogP contribution in [-0.4, -0.2) is 23.3 Å². The second-order valence-electron chi connectivity index (χ2n) is 4.42. The van der Waals surface area contributed by atoms with E-state index in [1.165, 1.54) is 12.1 Å². The molecule has 0 unspecified atom stereocenters. The van der Waals surface area contributed by atoms with Gasteiger partial charge < -0.3 is 5.73 Å². The summed E-state index contributed by atoms with van der Waals surface area (Å²) in [5.74, 6) is -0.439. The van der Waals surface area contributed by atoms with E-state index in [0.717, 1.165) is 12.1 Å². The minimum Gasteiger partial charge on any atom is -0.384 e. The fraction of sp³-hybridized carbons (Fsp3) is 0.462. The van der Waals surface area contributed by atoms with E-state index in [9.17, 15) is 4.39 Å². The number of nitrogen functional groups attached to an aromatic ring is 1. The lowest BCUT2D eigenvalue weighted by molar-refractivity contribution is 0.224. The minimum absolute atomic E-state index is 0.0988. The summed E-state index contributed by atoms with van der Waals surface area (Å²) in [7, 11) is 0. The molecule has 3 nitrogen and oxygen atoms in total. The highest BCUT2D eigenvalue weighted by atomic mass is 19.1. The molecule has 0 saturated heterocycles. The first kappa shape index (κ1) is 13.6. The molecule has 94 valence electrons. The van der Waals surface area contributed by atoms with Gasteiger partial charge in [0.25, 0.3) is 0 Å². The lowest BCUT2D eigenvalue weighted by Crippen LogP contribution is -2.30. The predicted octanol–water partition coefficient (Wildman–Crippen LogP) is 2.34. The maximum absolute atomic E-state index is 13.4. The Morgan fingerprint density at radius 3 is 2.53 bits per heavy atom. The Balaban J connectivity index is 2.94. The number of amidine groups is 1. The van der Waals surface area contributed by atoms with Gasteiger partial charge in [-0.15, -0.1) is 0 Å². The monoisotopic (exact) mass is 237 g/mol. The normalized spacial score (nSPS) is 11.2. The van der Waals surface area contributed by atoms with E-state index in [2.05, 4.69) is 25.7 Å². The highest BCUT2D eigenvalue weighted by Gasteiger charge is 2.10. The van der Waals surface area contributed by atoms with Crippen molar-refractivity contribution in [1.29, 1.82) is 5.41 Å². The molecule has 0 fully saturated rings. The summed E-state index contributed by atoms with van der Waals surface area (Å²) in [6.45, 7) is 7.87. The summed E-state index contributed by atoms with van der Waals surface area (Å²) in [6, 6.07) is 4.97. The van der Waals surface area contributed by atoms with E-state index in [1.807, 2.05) is 0 Å². The number of benzene rings is 1. The van der Waals surface area contributed by atoms with Gasteiger partial charge in [-0.2, -0.15) is 0 Å². The van der Waals surface area contributed by atoms with Gasteiger partial charge in [0, 0.05) is 18.2 Å². The van der Waals surface area contributed by atoms with Gasteiger partial charge in [-0.25, -0.2) is 4.39 Å². The topological polar surface area (TPSA) is 53.1 Å². The quantitative estimate of drug-likeness (QED) is 0.610. The van der Waals surface area contributed by atoms with Crippen LogP contribution in [0.25, 0.3) is 0 Å². The van der Waals surface area contributed by atoms with E-state index in [4.69, 9.17) is 11.1 Å². The van der Waals surface area contributed by atoms with Crippen LogP contribution >= 0.6 is 0 Å². The van der Waals surface area contributed by atoms with Gasteiger partial charge in [-0.1, -0.05) is 6.92 Å². The van der Waals surface area contributed by atoms with Crippen molar-refractivity contribution in [3.63, 3.8) is 0 Å². The molecule has 1 rings (SSSR count). The van der Waals surface area contributed by atoms with Crippen LogP contribution in [-0.2, 0) is 6.54 Å². The molecule has 0 heterocycles. The smallest absolute Gasteiger partial charge is 0.124 e. The summed E-state index contributed by atoms with van der Waals surface area (Å²) in [4.78, 5) is 2.22. The van der Waals surface area contributed by atoms with Crippen molar-refractivity contribution in [3.05, 3.63) is 35.1 Å². The Bertz CT molecular complexity index is 402. The number of nitrogens with one attached hydrogen (secondary N) is 1. The van der Waals surface area contributed by atoms with E-state index >= 15 is 0 Å². The fourth-order valence-electron chi connectivity index (χ4n) is 1.79. The Morgan fingerprint density at radius 1 is 1.41 bits per heavy atom. The van der Waals surface area contributed by atoms with Crippen LogP contribution in [0.5, 0.6) is 0 Å². The van der Waals surface area contributed by atoms with Crippen molar-refractivity contribution >= 4 is 5.84 Å². The lowest BCUT2D eigenvalue weighted by atomic mass is 10.1. The summed E-state index contributed by atoms with van der Waals surface area (Å²) in [5, 5.41) is 7.34. The third kappa shape index (κ3) is 3.82. The van der Waals surface area contributed by atoms with Crippen LogP contribution in [0.15, 0.2) is 18.2 Å². The summed E-state index contributed by atoms with van der Waals surface area (Å²) < 4.78 is 13.4. The van der Waals surface area contributed by atoms with Gasteiger partial charge in [0.05, 0.1) is 0 Å². The van der Waals surface area contributed by atoms with E-state index in [0.29, 0.717) is 18.2 Å². The molecule has 0 radical (unpaired) electrons. The van der Waals surface area contributed by atoms with Gasteiger partial charge in [0.1, 0.15) is 11.7 Å². The lowest BCUT2D eigenvalue weighted by Gasteiger charge is -2.25. The maximum Gasteiger partial charge on any atom is 0.124 e. The molecule has 0 aliphatic carbocycles.